The van der Waals surface area contributed by atoms with E-state index in [1.807, 2.05) is 14.0 Å². The maximum Gasteiger partial charge on any atom is 0.327 e. The predicted octanol–water partition coefficient (Wildman–Crippen LogP) is 1.65. The summed E-state index contributed by atoms with van der Waals surface area (Å²) in [5.74, 6) is -0.185. The van der Waals surface area contributed by atoms with Gasteiger partial charge in [-0.25, -0.2) is 0 Å². The molecule has 0 radical (unpaired) electrons. The normalized spacial score (nSPS) is 22.7. The Balaban J connectivity index is 2.66. The molecule has 1 rings (SSSR count). The summed E-state index contributed by atoms with van der Waals surface area (Å²) in [6.45, 7) is 9.34. The van der Waals surface area contributed by atoms with Crippen molar-refractivity contribution in [1.29, 1.82) is 0 Å². The van der Waals surface area contributed by atoms with Crippen LogP contribution in [0, 0.1) is 5.41 Å². The first kappa shape index (κ1) is 15.4. The fraction of sp³-hybridized carbons (Fsp3) is 0.929. The van der Waals surface area contributed by atoms with Gasteiger partial charge in [0.15, 0.2) is 0 Å². The Labute approximate surface area is 111 Å². The maximum atomic E-state index is 11.8. The van der Waals surface area contributed by atoms with Crippen LogP contribution in [-0.4, -0.2) is 50.2 Å². The maximum absolute atomic E-state index is 11.8. The number of hydrogen-bond donors (Lipinski definition) is 1. The Hall–Kier alpha value is -0.610. The van der Waals surface area contributed by atoms with Crippen LogP contribution in [0.1, 0.15) is 40.0 Å². The quantitative estimate of drug-likeness (QED) is 0.734. The van der Waals surface area contributed by atoms with Crippen LogP contribution in [-0.2, 0) is 9.53 Å². The van der Waals surface area contributed by atoms with E-state index in [9.17, 15) is 4.79 Å². The number of rotatable bonds is 6. The third-order valence-corrected chi connectivity index (χ3v) is 4.74. The van der Waals surface area contributed by atoms with E-state index in [-0.39, 0.29) is 5.97 Å². The Kier molecular flexibility index (Phi) is 5.17. The number of esters is 1. The van der Waals surface area contributed by atoms with E-state index in [0.717, 1.165) is 19.6 Å². The van der Waals surface area contributed by atoms with E-state index in [1.165, 1.54) is 26.4 Å². The number of likely N-dealkylation sites (tertiary alicyclic amines) is 1. The molecule has 1 N–H and O–H groups in total. The Morgan fingerprint density at radius 3 is 2.44 bits per heavy atom. The molecule has 106 valence electrons. The largest absolute Gasteiger partial charge is 0.468 e. The first-order valence-corrected chi connectivity index (χ1v) is 6.95. The lowest BCUT2D eigenvalue weighted by Crippen LogP contribution is -2.55. The van der Waals surface area contributed by atoms with E-state index >= 15 is 0 Å². The topological polar surface area (TPSA) is 41.6 Å². The van der Waals surface area contributed by atoms with Gasteiger partial charge in [-0.05, 0) is 45.2 Å². The predicted molar refractivity (Wildman–Crippen MR) is 73.6 cm³/mol. The van der Waals surface area contributed by atoms with Crippen molar-refractivity contribution in [3.63, 3.8) is 0 Å². The average Bonchev–Trinajstić information content (AvgIpc) is 2.81. The van der Waals surface area contributed by atoms with Gasteiger partial charge in [0.25, 0.3) is 0 Å². The Morgan fingerprint density at radius 1 is 1.44 bits per heavy atom. The second kappa shape index (κ2) is 6.02. The molecule has 0 aromatic carbocycles. The molecule has 18 heavy (non-hydrogen) atoms. The molecule has 0 aliphatic carbocycles. The van der Waals surface area contributed by atoms with Crippen molar-refractivity contribution in [3.8, 4) is 0 Å². The van der Waals surface area contributed by atoms with Gasteiger partial charge in [0.05, 0.1) is 7.11 Å². The molecule has 0 amide bonds. The molecule has 4 heteroatoms. The molecule has 1 aliphatic heterocycles. The molecule has 4 nitrogen and oxygen atoms in total. The van der Waals surface area contributed by atoms with Gasteiger partial charge in [-0.15, -0.1) is 0 Å². The monoisotopic (exact) mass is 256 g/mol. The summed E-state index contributed by atoms with van der Waals surface area (Å²) in [6, 6.07) is 0. The summed E-state index contributed by atoms with van der Waals surface area (Å²) < 4.78 is 4.89. The molecule has 0 bridgehead atoms. The standard InChI is InChI=1S/C14H28N2O2/c1-6-14(7-2)8-9-16(11-14)10-13(3,15-4)12(17)18-5/h15H,6-11H2,1-5H3. The van der Waals surface area contributed by atoms with Gasteiger partial charge in [-0.1, -0.05) is 13.8 Å². The van der Waals surface area contributed by atoms with Crippen molar-refractivity contribution in [2.75, 3.05) is 33.8 Å². The highest BCUT2D eigenvalue weighted by Crippen LogP contribution is 2.37. The number of methoxy groups -OCH3 is 1. The van der Waals surface area contributed by atoms with Crippen LogP contribution in [0.2, 0.25) is 0 Å². The summed E-state index contributed by atoms with van der Waals surface area (Å²) in [5.41, 5.74) is -0.156. The smallest absolute Gasteiger partial charge is 0.327 e. The number of ether oxygens (including phenoxy) is 1. The van der Waals surface area contributed by atoms with Crippen molar-refractivity contribution in [2.24, 2.45) is 5.41 Å². The number of nitrogens with zero attached hydrogens (tertiary/aromatic N) is 1. The molecular formula is C14H28N2O2. The minimum atomic E-state index is -0.605. The van der Waals surface area contributed by atoms with Crippen LogP contribution in [0.15, 0.2) is 0 Å². The highest BCUT2D eigenvalue weighted by atomic mass is 16.5. The second-order valence-corrected chi connectivity index (χ2v) is 5.74. The van der Waals surface area contributed by atoms with E-state index in [0.29, 0.717) is 5.41 Å². The number of carbonyl (C=O) groups excluding carboxylic acids is 1. The SMILES string of the molecule is CCC1(CC)CCN(CC(C)(NC)C(=O)OC)C1. The van der Waals surface area contributed by atoms with Crippen molar-refractivity contribution in [3.05, 3.63) is 0 Å². The first-order chi connectivity index (χ1) is 8.45. The molecule has 0 aromatic rings. The van der Waals surface area contributed by atoms with E-state index in [4.69, 9.17) is 4.74 Å². The third-order valence-electron chi connectivity index (χ3n) is 4.74. The van der Waals surface area contributed by atoms with Crippen molar-refractivity contribution < 1.29 is 9.53 Å². The molecule has 1 heterocycles. The summed E-state index contributed by atoms with van der Waals surface area (Å²) in [5, 5.41) is 3.10. The zero-order valence-corrected chi connectivity index (χ0v) is 12.5. The van der Waals surface area contributed by atoms with Crippen molar-refractivity contribution in [1.82, 2.24) is 10.2 Å². The van der Waals surface area contributed by atoms with E-state index < -0.39 is 5.54 Å². The minimum Gasteiger partial charge on any atom is -0.468 e. The van der Waals surface area contributed by atoms with Gasteiger partial charge in [0.2, 0.25) is 0 Å². The minimum absolute atomic E-state index is 0.185. The van der Waals surface area contributed by atoms with Crippen LogP contribution in [0.4, 0.5) is 0 Å². The van der Waals surface area contributed by atoms with Crippen LogP contribution in [0.3, 0.4) is 0 Å². The lowest BCUT2D eigenvalue weighted by Gasteiger charge is -2.32. The third kappa shape index (κ3) is 3.04. The van der Waals surface area contributed by atoms with Crippen molar-refractivity contribution >= 4 is 5.97 Å². The number of carbonyl (C=O) groups is 1. The molecule has 0 spiro atoms. The fourth-order valence-electron chi connectivity index (χ4n) is 2.91. The average molecular weight is 256 g/mol. The van der Waals surface area contributed by atoms with Gasteiger partial charge in [-0.2, -0.15) is 0 Å². The fourth-order valence-corrected chi connectivity index (χ4v) is 2.91. The zero-order valence-electron chi connectivity index (χ0n) is 12.5. The highest BCUT2D eigenvalue weighted by molar-refractivity contribution is 5.80. The summed E-state index contributed by atoms with van der Waals surface area (Å²) in [6.07, 6.45) is 3.67. The van der Waals surface area contributed by atoms with Gasteiger partial charge in [0.1, 0.15) is 5.54 Å². The number of likely N-dealkylation sites (N-methyl/N-ethyl adjacent to an activating group) is 1. The lowest BCUT2D eigenvalue weighted by molar-refractivity contribution is -0.148. The van der Waals surface area contributed by atoms with Gasteiger partial charge >= 0.3 is 5.97 Å². The molecule has 1 saturated heterocycles. The number of hydrogen-bond acceptors (Lipinski definition) is 4. The van der Waals surface area contributed by atoms with E-state index in [1.54, 1.807) is 0 Å². The molecule has 1 atom stereocenters. The van der Waals surface area contributed by atoms with Crippen LogP contribution in [0.25, 0.3) is 0 Å². The van der Waals surface area contributed by atoms with Crippen LogP contribution >= 0.6 is 0 Å². The second-order valence-electron chi connectivity index (χ2n) is 5.74. The molecule has 1 unspecified atom stereocenters. The molecule has 0 saturated carbocycles. The van der Waals surface area contributed by atoms with Gasteiger partial charge in [-0.3, -0.25) is 4.79 Å². The Bertz CT molecular complexity index is 290. The van der Waals surface area contributed by atoms with Crippen LogP contribution < -0.4 is 5.32 Å². The first-order valence-electron chi connectivity index (χ1n) is 6.95. The van der Waals surface area contributed by atoms with E-state index in [2.05, 4.69) is 24.1 Å². The van der Waals surface area contributed by atoms with Crippen LogP contribution in [0.5, 0.6) is 0 Å². The summed E-state index contributed by atoms with van der Waals surface area (Å²) in [4.78, 5) is 14.2. The number of nitrogens with one attached hydrogen (secondary N) is 1. The molecule has 1 fully saturated rings. The highest BCUT2D eigenvalue weighted by Gasteiger charge is 2.40. The molecule has 1 aliphatic rings. The summed E-state index contributed by atoms with van der Waals surface area (Å²) in [7, 11) is 3.27. The lowest BCUT2D eigenvalue weighted by atomic mass is 9.82. The van der Waals surface area contributed by atoms with Crippen molar-refractivity contribution in [2.45, 2.75) is 45.6 Å². The Morgan fingerprint density at radius 2 is 2.06 bits per heavy atom. The van der Waals surface area contributed by atoms with Gasteiger partial charge in [0, 0.05) is 13.1 Å². The molecule has 0 aromatic heterocycles. The molecular weight excluding hydrogens is 228 g/mol. The van der Waals surface area contributed by atoms with Gasteiger partial charge < -0.3 is 15.0 Å². The summed E-state index contributed by atoms with van der Waals surface area (Å²) >= 11 is 0. The zero-order chi connectivity index (χ0) is 13.8.